The highest BCUT2D eigenvalue weighted by molar-refractivity contribution is 6.63. The molecule has 8 heteroatoms. The molecule has 0 radical (unpaired) electrons. The maximum Gasteiger partial charge on any atom is 0.305 e. The number of hydrogen-bond donors (Lipinski definition) is 1. The average Bonchev–Trinajstić information content (AvgIpc) is 2.38. The van der Waals surface area contributed by atoms with Gasteiger partial charge < -0.3 is 14.6 Å². The Morgan fingerprint density at radius 2 is 1.25 bits per heavy atom. The number of ether oxygens (including phenoxy) is 2. The van der Waals surface area contributed by atoms with Gasteiger partial charge in [-0.3, -0.25) is 19.2 Å². The van der Waals surface area contributed by atoms with Crippen LogP contribution in [-0.2, 0) is 28.7 Å². The van der Waals surface area contributed by atoms with Gasteiger partial charge in [-0.25, -0.2) is 0 Å². The standard InChI is InChI=1S/C6H9ClO3.C6H10O4/c2*1-10-6(9)4-2-3-5(7)8/h2-4H2,1H3;2-4H2,1H3,(H,7,8). The Morgan fingerprint density at radius 1 is 0.850 bits per heavy atom. The third-order valence-corrected chi connectivity index (χ3v) is 2.17. The van der Waals surface area contributed by atoms with Crippen LogP contribution < -0.4 is 0 Å². The molecule has 0 fully saturated rings. The first-order valence-electron chi connectivity index (χ1n) is 5.87. The summed E-state index contributed by atoms with van der Waals surface area (Å²) < 4.78 is 8.64. The largest absolute Gasteiger partial charge is 0.481 e. The molecule has 0 unspecified atom stereocenters. The number of hydrogen-bond acceptors (Lipinski definition) is 6. The molecule has 0 saturated heterocycles. The summed E-state index contributed by atoms with van der Waals surface area (Å²) in [6.07, 6.45) is 1.51. The predicted octanol–water partition coefficient (Wildman–Crippen LogP) is 1.51. The molecule has 0 spiro atoms. The van der Waals surface area contributed by atoms with Gasteiger partial charge in [0.05, 0.1) is 14.2 Å². The van der Waals surface area contributed by atoms with Crippen LogP contribution in [0.5, 0.6) is 0 Å². The Balaban J connectivity index is 0. The number of carboxylic acids is 1. The fourth-order valence-corrected chi connectivity index (χ4v) is 1.09. The number of carboxylic acid groups (broad SMARTS) is 1. The molecule has 0 rings (SSSR count). The van der Waals surface area contributed by atoms with E-state index in [0.29, 0.717) is 12.8 Å². The van der Waals surface area contributed by atoms with E-state index in [4.69, 9.17) is 16.7 Å². The fraction of sp³-hybridized carbons (Fsp3) is 0.667. The van der Waals surface area contributed by atoms with E-state index in [1.807, 2.05) is 0 Å². The Bertz CT molecular complexity index is 296. The van der Waals surface area contributed by atoms with E-state index >= 15 is 0 Å². The van der Waals surface area contributed by atoms with Crippen LogP contribution >= 0.6 is 11.6 Å². The second kappa shape index (κ2) is 13.8. The molecule has 0 aliphatic heterocycles. The molecule has 0 aromatic heterocycles. The highest BCUT2D eigenvalue weighted by Gasteiger charge is 2.02. The summed E-state index contributed by atoms with van der Waals surface area (Å²) in [6, 6.07) is 0. The molecule has 0 atom stereocenters. The zero-order chi connectivity index (χ0) is 16.0. The van der Waals surface area contributed by atoms with Crippen molar-refractivity contribution in [3.05, 3.63) is 0 Å². The monoisotopic (exact) mass is 310 g/mol. The first kappa shape index (κ1) is 20.7. The molecule has 0 aromatic carbocycles. The van der Waals surface area contributed by atoms with E-state index in [1.165, 1.54) is 14.2 Å². The van der Waals surface area contributed by atoms with Crippen LogP contribution in [0.2, 0.25) is 0 Å². The Labute approximate surface area is 122 Å². The van der Waals surface area contributed by atoms with Crippen molar-refractivity contribution in [2.45, 2.75) is 38.5 Å². The van der Waals surface area contributed by atoms with Crippen LogP contribution in [0.4, 0.5) is 0 Å². The third-order valence-electron chi connectivity index (χ3n) is 1.98. The van der Waals surface area contributed by atoms with Gasteiger partial charge >= 0.3 is 17.9 Å². The Kier molecular flexibility index (Phi) is 14.3. The molecule has 116 valence electrons. The summed E-state index contributed by atoms with van der Waals surface area (Å²) in [4.78, 5) is 40.8. The first-order valence-corrected chi connectivity index (χ1v) is 6.25. The molecule has 0 bridgehead atoms. The summed E-state index contributed by atoms with van der Waals surface area (Å²) in [6.45, 7) is 0. The van der Waals surface area contributed by atoms with Gasteiger partial charge in [0.25, 0.3) is 0 Å². The molecule has 0 aromatic rings. The van der Waals surface area contributed by atoms with Crippen molar-refractivity contribution in [2.24, 2.45) is 0 Å². The number of carbonyl (C=O) groups excluding carboxylic acids is 3. The van der Waals surface area contributed by atoms with Crippen molar-refractivity contribution in [1.82, 2.24) is 0 Å². The maximum absolute atomic E-state index is 10.4. The van der Waals surface area contributed by atoms with Crippen LogP contribution in [0.3, 0.4) is 0 Å². The summed E-state index contributed by atoms with van der Waals surface area (Å²) in [5.41, 5.74) is 0. The molecule has 20 heavy (non-hydrogen) atoms. The van der Waals surface area contributed by atoms with Crippen molar-refractivity contribution in [3.63, 3.8) is 0 Å². The zero-order valence-electron chi connectivity index (χ0n) is 11.5. The number of rotatable bonds is 8. The van der Waals surface area contributed by atoms with Gasteiger partial charge in [-0.1, -0.05) is 0 Å². The summed E-state index contributed by atoms with van der Waals surface area (Å²) in [7, 11) is 2.59. The SMILES string of the molecule is COC(=O)CCCC(=O)Cl.COC(=O)CCCC(=O)O. The smallest absolute Gasteiger partial charge is 0.305 e. The normalized spacial score (nSPS) is 8.95. The minimum absolute atomic E-state index is 0.0229. The summed E-state index contributed by atoms with van der Waals surface area (Å²) in [5, 5.41) is 7.73. The van der Waals surface area contributed by atoms with Crippen LogP contribution in [0.15, 0.2) is 0 Å². The minimum Gasteiger partial charge on any atom is -0.481 e. The summed E-state index contributed by atoms with van der Waals surface area (Å²) in [5.74, 6) is -1.55. The predicted molar refractivity (Wildman–Crippen MR) is 70.2 cm³/mol. The topological polar surface area (TPSA) is 107 Å². The third kappa shape index (κ3) is 18.7. The van der Waals surface area contributed by atoms with Gasteiger partial charge in [-0.05, 0) is 24.4 Å². The lowest BCUT2D eigenvalue weighted by atomic mass is 10.2. The van der Waals surface area contributed by atoms with Crippen LogP contribution in [0, 0.1) is 0 Å². The van der Waals surface area contributed by atoms with E-state index in [0.717, 1.165) is 0 Å². The average molecular weight is 311 g/mol. The van der Waals surface area contributed by atoms with Gasteiger partial charge in [0.1, 0.15) is 0 Å². The molecule has 1 N–H and O–H groups in total. The van der Waals surface area contributed by atoms with Crippen LogP contribution in [0.25, 0.3) is 0 Å². The molecule has 0 aliphatic carbocycles. The quantitative estimate of drug-likeness (QED) is 0.535. The molecular weight excluding hydrogens is 292 g/mol. The van der Waals surface area contributed by atoms with Gasteiger partial charge in [-0.15, -0.1) is 0 Å². The summed E-state index contributed by atoms with van der Waals surface area (Å²) >= 11 is 5.01. The van der Waals surface area contributed by atoms with Crippen LogP contribution in [0.1, 0.15) is 38.5 Å². The Hall–Kier alpha value is -1.63. The molecule has 0 aliphatic rings. The van der Waals surface area contributed by atoms with Gasteiger partial charge in [0.15, 0.2) is 0 Å². The molecule has 0 amide bonds. The first-order chi connectivity index (χ1) is 9.33. The second-order valence-corrected chi connectivity index (χ2v) is 4.03. The molecule has 0 heterocycles. The number of aliphatic carboxylic acids is 1. The lowest BCUT2D eigenvalue weighted by Gasteiger charge is -1.94. The van der Waals surface area contributed by atoms with E-state index in [2.05, 4.69) is 9.47 Å². The maximum atomic E-state index is 10.4. The number of halogens is 1. The lowest BCUT2D eigenvalue weighted by Crippen LogP contribution is -2.02. The molecule has 0 saturated carbocycles. The van der Waals surface area contributed by atoms with Crippen molar-refractivity contribution < 1.29 is 33.8 Å². The lowest BCUT2D eigenvalue weighted by molar-refractivity contribution is -0.142. The Morgan fingerprint density at radius 3 is 1.55 bits per heavy atom. The minimum atomic E-state index is -0.885. The zero-order valence-corrected chi connectivity index (χ0v) is 12.3. The fourth-order valence-electron chi connectivity index (χ4n) is 0.960. The van der Waals surface area contributed by atoms with E-state index in [9.17, 15) is 19.2 Å². The number of esters is 2. The van der Waals surface area contributed by atoms with Crippen molar-refractivity contribution >= 4 is 34.8 Å². The molecular formula is C12H19ClO7. The van der Waals surface area contributed by atoms with Crippen molar-refractivity contribution in [3.8, 4) is 0 Å². The second-order valence-electron chi connectivity index (χ2n) is 3.61. The molecule has 7 nitrogen and oxygen atoms in total. The number of carbonyl (C=O) groups is 4. The van der Waals surface area contributed by atoms with Gasteiger partial charge in [0, 0.05) is 25.7 Å². The van der Waals surface area contributed by atoms with Gasteiger partial charge in [0.2, 0.25) is 5.24 Å². The van der Waals surface area contributed by atoms with E-state index < -0.39 is 11.2 Å². The highest BCUT2D eigenvalue weighted by Crippen LogP contribution is 1.99. The highest BCUT2D eigenvalue weighted by atomic mass is 35.5. The van der Waals surface area contributed by atoms with Gasteiger partial charge in [-0.2, -0.15) is 0 Å². The van der Waals surface area contributed by atoms with E-state index in [1.54, 1.807) is 0 Å². The van der Waals surface area contributed by atoms with Crippen molar-refractivity contribution in [1.29, 1.82) is 0 Å². The number of methoxy groups -OCH3 is 2. The van der Waals surface area contributed by atoms with Crippen LogP contribution in [-0.4, -0.2) is 42.5 Å². The van der Waals surface area contributed by atoms with E-state index in [-0.39, 0.29) is 37.6 Å². The van der Waals surface area contributed by atoms with Crippen molar-refractivity contribution in [2.75, 3.05) is 14.2 Å².